The molecule has 4 nitrogen and oxygen atoms in total. The van der Waals surface area contributed by atoms with Gasteiger partial charge in [0.15, 0.2) is 0 Å². The topological polar surface area (TPSA) is 86.2 Å². The third kappa shape index (κ3) is 4.58. The Labute approximate surface area is 108 Å². The van der Waals surface area contributed by atoms with E-state index in [0.29, 0.717) is 25.2 Å². The molecule has 4 N–H and O–H groups in total. The largest absolute Gasteiger partial charge is 0.369 e. The summed E-state index contributed by atoms with van der Waals surface area (Å²) >= 11 is 1.33. The highest BCUT2D eigenvalue weighted by atomic mass is 32.2. The fourth-order valence-corrected chi connectivity index (χ4v) is 3.42. The highest BCUT2D eigenvalue weighted by Crippen LogP contribution is 2.39. The summed E-state index contributed by atoms with van der Waals surface area (Å²) in [5.74, 6) is -0.376. The summed E-state index contributed by atoms with van der Waals surface area (Å²) in [7, 11) is 0. The van der Waals surface area contributed by atoms with E-state index in [1.165, 1.54) is 11.8 Å². The average Bonchev–Trinajstić information content (AvgIpc) is 2.22. The Morgan fingerprint density at radius 1 is 1.24 bits per heavy atom. The van der Waals surface area contributed by atoms with Crippen LogP contribution in [0.4, 0.5) is 0 Å². The summed E-state index contributed by atoms with van der Waals surface area (Å²) in [5.41, 5.74) is 10.8. The lowest BCUT2D eigenvalue weighted by molar-refractivity contribution is -0.120. The van der Waals surface area contributed by atoms with Crippen LogP contribution in [0, 0.1) is 5.92 Å². The standard InChI is InChI=1S/C12H24N2O2S/c1-5-9(10(13)15)17-12(6-2,11(14)16)7-8(3)4/h8-9H,5-7H2,1-4H3,(H2,13,15)(H2,14,16)/t9-,12+/m1/s1. The summed E-state index contributed by atoms with van der Waals surface area (Å²) < 4.78 is -0.677. The number of carbonyl (C=O) groups excluding carboxylic acids is 2. The van der Waals surface area contributed by atoms with Crippen LogP contribution in [0.2, 0.25) is 0 Å². The van der Waals surface area contributed by atoms with Gasteiger partial charge < -0.3 is 11.5 Å². The lowest BCUT2D eigenvalue weighted by atomic mass is 9.93. The number of primary amides is 2. The van der Waals surface area contributed by atoms with E-state index in [0.717, 1.165) is 0 Å². The second-order valence-corrected chi connectivity index (χ2v) is 6.31. The summed E-state index contributed by atoms with van der Waals surface area (Å²) in [6, 6.07) is 0. The molecule has 0 bridgehead atoms. The summed E-state index contributed by atoms with van der Waals surface area (Å²) in [6.07, 6.45) is 1.91. The maximum atomic E-state index is 11.7. The van der Waals surface area contributed by atoms with Crippen LogP contribution < -0.4 is 11.5 Å². The molecule has 0 unspecified atom stereocenters. The number of carbonyl (C=O) groups is 2. The van der Waals surface area contributed by atoms with Crippen LogP contribution in [0.25, 0.3) is 0 Å². The van der Waals surface area contributed by atoms with Gasteiger partial charge in [-0.3, -0.25) is 9.59 Å². The molecule has 0 aromatic heterocycles. The Morgan fingerprint density at radius 3 is 2.00 bits per heavy atom. The van der Waals surface area contributed by atoms with Crippen molar-refractivity contribution in [2.45, 2.75) is 57.0 Å². The molecule has 0 rings (SSSR count). The van der Waals surface area contributed by atoms with Crippen LogP contribution in [0.1, 0.15) is 47.0 Å². The van der Waals surface area contributed by atoms with Gasteiger partial charge in [-0.2, -0.15) is 0 Å². The molecule has 0 heterocycles. The molecule has 0 saturated carbocycles. The van der Waals surface area contributed by atoms with Gasteiger partial charge in [0.05, 0.1) is 10.00 Å². The molecule has 5 heteroatoms. The first-order valence-electron chi connectivity index (χ1n) is 6.06. The van der Waals surface area contributed by atoms with E-state index in [9.17, 15) is 9.59 Å². The van der Waals surface area contributed by atoms with E-state index in [2.05, 4.69) is 0 Å². The molecule has 2 amide bonds. The third-order valence-corrected chi connectivity index (χ3v) is 4.77. The van der Waals surface area contributed by atoms with Crippen LogP contribution in [-0.4, -0.2) is 21.8 Å². The zero-order valence-corrected chi connectivity index (χ0v) is 12.0. The highest BCUT2D eigenvalue weighted by Gasteiger charge is 2.39. The molecule has 2 atom stereocenters. The lowest BCUT2D eigenvalue weighted by Crippen LogP contribution is -2.44. The normalized spacial score (nSPS) is 16.5. The minimum Gasteiger partial charge on any atom is -0.369 e. The van der Waals surface area contributed by atoms with E-state index in [1.807, 2.05) is 27.7 Å². The van der Waals surface area contributed by atoms with E-state index in [4.69, 9.17) is 11.5 Å². The Bertz CT molecular complexity index is 282. The molecule has 0 fully saturated rings. The van der Waals surface area contributed by atoms with Gasteiger partial charge in [0.1, 0.15) is 0 Å². The SMILES string of the molecule is CC[C@@H](S[C@@](CC)(CC(C)C)C(N)=O)C(N)=O. The molecule has 0 aromatic rings. The van der Waals surface area contributed by atoms with Crippen LogP contribution in [0.5, 0.6) is 0 Å². The maximum Gasteiger partial charge on any atom is 0.233 e. The Hall–Kier alpha value is -0.710. The number of rotatable bonds is 8. The zero-order chi connectivity index (χ0) is 13.6. The van der Waals surface area contributed by atoms with Crippen molar-refractivity contribution < 1.29 is 9.59 Å². The molecule has 100 valence electrons. The summed E-state index contributed by atoms with van der Waals surface area (Å²) in [6.45, 7) is 7.89. The van der Waals surface area contributed by atoms with Crippen LogP contribution >= 0.6 is 11.8 Å². The smallest absolute Gasteiger partial charge is 0.233 e. The molecule has 0 aromatic carbocycles. The van der Waals surface area contributed by atoms with Crippen molar-refractivity contribution in [3.63, 3.8) is 0 Å². The van der Waals surface area contributed by atoms with Crippen LogP contribution in [-0.2, 0) is 9.59 Å². The number of hydrogen-bond donors (Lipinski definition) is 2. The van der Waals surface area contributed by atoms with Crippen molar-refractivity contribution in [3.8, 4) is 0 Å². The molecule has 0 aliphatic rings. The molecule has 0 aliphatic heterocycles. The quantitative estimate of drug-likeness (QED) is 0.696. The van der Waals surface area contributed by atoms with Gasteiger partial charge >= 0.3 is 0 Å². The lowest BCUT2D eigenvalue weighted by Gasteiger charge is -2.33. The molecule has 0 aliphatic carbocycles. The minimum absolute atomic E-state index is 0.346. The van der Waals surface area contributed by atoms with Gasteiger partial charge in [-0.1, -0.05) is 27.7 Å². The van der Waals surface area contributed by atoms with Crippen molar-refractivity contribution >= 4 is 23.6 Å². The van der Waals surface area contributed by atoms with Gasteiger partial charge in [-0.25, -0.2) is 0 Å². The number of amides is 2. The van der Waals surface area contributed by atoms with Gasteiger partial charge in [0.25, 0.3) is 0 Å². The van der Waals surface area contributed by atoms with Crippen molar-refractivity contribution in [2.75, 3.05) is 0 Å². The third-order valence-electron chi connectivity index (χ3n) is 2.81. The molecule has 17 heavy (non-hydrogen) atoms. The first-order valence-corrected chi connectivity index (χ1v) is 6.94. The van der Waals surface area contributed by atoms with Gasteiger partial charge in [0, 0.05) is 0 Å². The summed E-state index contributed by atoms with van der Waals surface area (Å²) in [5, 5.41) is -0.346. The second kappa shape index (κ2) is 6.89. The summed E-state index contributed by atoms with van der Waals surface area (Å²) in [4.78, 5) is 23.0. The highest BCUT2D eigenvalue weighted by molar-refractivity contribution is 8.02. The Balaban J connectivity index is 5.03. The molecule has 0 radical (unpaired) electrons. The molecule has 0 spiro atoms. The fraction of sp³-hybridized carbons (Fsp3) is 0.833. The van der Waals surface area contributed by atoms with Crippen LogP contribution in [0.3, 0.4) is 0 Å². The maximum absolute atomic E-state index is 11.7. The van der Waals surface area contributed by atoms with Gasteiger partial charge in [-0.05, 0) is 25.2 Å². The number of nitrogens with two attached hydrogens (primary N) is 2. The van der Waals surface area contributed by atoms with Crippen molar-refractivity contribution in [2.24, 2.45) is 17.4 Å². The van der Waals surface area contributed by atoms with E-state index < -0.39 is 4.75 Å². The van der Waals surface area contributed by atoms with E-state index in [1.54, 1.807) is 0 Å². The predicted octanol–water partition coefficient (Wildman–Crippen LogP) is 1.66. The Kier molecular flexibility index (Phi) is 6.60. The Morgan fingerprint density at radius 2 is 1.76 bits per heavy atom. The molecular formula is C12H24N2O2S. The number of thioether (sulfide) groups is 1. The van der Waals surface area contributed by atoms with Gasteiger partial charge in [0.2, 0.25) is 11.8 Å². The van der Waals surface area contributed by atoms with Crippen molar-refractivity contribution in [3.05, 3.63) is 0 Å². The van der Waals surface area contributed by atoms with Crippen LogP contribution in [0.15, 0.2) is 0 Å². The molecule has 0 saturated heterocycles. The molecular weight excluding hydrogens is 236 g/mol. The zero-order valence-electron chi connectivity index (χ0n) is 11.2. The first kappa shape index (κ1) is 16.3. The van der Waals surface area contributed by atoms with Crippen molar-refractivity contribution in [1.82, 2.24) is 0 Å². The first-order chi connectivity index (χ1) is 7.79. The van der Waals surface area contributed by atoms with E-state index >= 15 is 0 Å². The predicted molar refractivity (Wildman–Crippen MR) is 72.5 cm³/mol. The average molecular weight is 260 g/mol. The van der Waals surface area contributed by atoms with Crippen molar-refractivity contribution in [1.29, 1.82) is 0 Å². The second-order valence-electron chi connectivity index (χ2n) is 4.73. The monoisotopic (exact) mass is 260 g/mol. The fourth-order valence-electron chi connectivity index (χ4n) is 1.88. The van der Waals surface area contributed by atoms with Gasteiger partial charge in [-0.15, -0.1) is 11.8 Å². The minimum atomic E-state index is -0.677. The van der Waals surface area contributed by atoms with E-state index in [-0.39, 0.29) is 17.1 Å². The number of hydrogen-bond acceptors (Lipinski definition) is 3.